The molecule has 0 amide bonds. The van der Waals surface area contributed by atoms with Crippen molar-refractivity contribution in [2.45, 2.75) is 6.54 Å². The molecule has 0 saturated heterocycles. The van der Waals surface area contributed by atoms with E-state index in [-0.39, 0.29) is 5.82 Å². The SMILES string of the molecule is CNCc1nc(C(=O)O)n[nH]1. The molecule has 1 aromatic heterocycles. The number of rotatable bonds is 3. The lowest BCUT2D eigenvalue weighted by molar-refractivity contribution is 0.0684. The summed E-state index contributed by atoms with van der Waals surface area (Å²) < 4.78 is 0. The number of aromatic nitrogens is 3. The number of carboxylic acid groups (broad SMARTS) is 1. The molecule has 0 bridgehead atoms. The molecule has 0 radical (unpaired) electrons. The van der Waals surface area contributed by atoms with Gasteiger partial charge < -0.3 is 10.4 Å². The van der Waals surface area contributed by atoms with Crippen LogP contribution in [-0.4, -0.2) is 33.3 Å². The van der Waals surface area contributed by atoms with Crippen molar-refractivity contribution in [3.63, 3.8) is 0 Å². The third-order valence-electron chi connectivity index (χ3n) is 1.07. The van der Waals surface area contributed by atoms with Gasteiger partial charge in [-0.1, -0.05) is 0 Å². The Morgan fingerprint density at radius 1 is 1.82 bits per heavy atom. The maximum Gasteiger partial charge on any atom is 0.375 e. The van der Waals surface area contributed by atoms with Gasteiger partial charge in [0.2, 0.25) is 0 Å². The second-order valence-corrected chi connectivity index (χ2v) is 1.94. The summed E-state index contributed by atoms with van der Waals surface area (Å²) in [6.07, 6.45) is 0. The Morgan fingerprint density at radius 3 is 3.00 bits per heavy atom. The molecule has 0 spiro atoms. The highest BCUT2D eigenvalue weighted by Crippen LogP contribution is 1.90. The van der Waals surface area contributed by atoms with Gasteiger partial charge in [0, 0.05) is 0 Å². The van der Waals surface area contributed by atoms with Crippen molar-refractivity contribution in [3.05, 3.63) is 11.6 Å². The molecule has 6 heteroatoms. The van der Waals surface area contributed by atoms with E-state index >= 15 is 0 Å². The fourth-order valence-electron chi connectivity index (χ4n) is 0.637. The number of carbonyl (C=O) groups is 1. The molecule has 0 saturated carbocycles. The van der Waals surface area contributed by atoms with Crippen LogP contribution in [0.3, 0.4) is 0 Å². The first-order valence-electron chi connectivity index (χ1n) is 3.03. The van der Waals surface area contributed by atoms with Crippen molar-refractivity contribution in [1.82, 2.24) is 20.5 Å². The van der Waals surface area contributed by atoms with Crippen LogP contribution in [0, 0.1) is 0 Å². The molecule has 0 aliphatic carbocycles. The van der Waals surface area contributed by atoms with Crippen LogP contribution in [0.15, 0.2) is 0 Å². The molecule has 1 aromatic rings. The molecule has 1 rings (SSSR count). The monoisotopic (exact) mass is 156 g/mol. The van der Waals surface area contributed by atoms with Gasteiger partial charge in [-0.25, -0.2) is 9.78 Å². The Balaban J connectivity index is 2.73. The Morgan fingerprint density at radius 2 is 2.55 bits per heavy atom. The third-order valence-corrected chi connectivity index (χ3v) is 1.07. The van der Waals surface area contributed by atoms with Gasteiger partial charge in [-0.15, -0.1) is 5.10 Å². The number of carboxylic acids is 1. The lowest BCUT2D eigenvalue weighted by Crippen LogP contribution is -2.07. The minimum atomic E-state index is -1.12. The van der Waals surface area contributed by atoms with E-state index in [1.165, 1.54) is 0 Å². The van der Waals surface area contributed by atoms with E-state index in [0.717, 1.165) is 0 Å². The van der Waals surface area contributed by atoms with Gasteiger partial charge in [-0.2, -0.15) is 0 Å². The van der Waals surface area contributed by atoms with Crippen LogP contribution in [0.1, 0.15) is 16.4 Å². The fraction of sp³-hybridized carbons (Fsp3) is 0.400. The number of hydrogen-bond acceptors (Lipinski definition) is 4. The quantitative estimate of drug-likeness (QED) is 0.534. The number of H-pyrrole nitrogens is 1. The zero-order chi connectivity index (χ0) is 8.27. The normalized spacial score (nSPS) is 9.91. The molecule has 3 N–H and O–H groups in total. The summed E-state index contributed by atoms with van der Waals surface area (Å²) in [6.45, 7) is 0.486. The van der Waals surface area contributed by atoms with E-state index in [4.69, 9.17) is 5.11 Å². The van der Waals surface area contributed by atoms with Gasteiger partial charge in [0.25, 0.3) is 5.82 Å². The second kappa shape index (κ2) is 3.11. The van der Waals surface area contributed by atoms with Crippen LogP contribution >= 0.6 is 0 Å². The number of hydrogen-bond donors (Lipinski definition) is 3. The fourth-order valence-corrected chi connectivity index (χ4v) is 0.637. The van der Waals surface area contributed by atoms with Crippen LogP contribution in [0.25, 0.3) is 0 Å². The Hall–Kier alpha value is -1.43. The van der Waals surface area contributed by atoms with Crippen LogP contribution in [0.5, 0.6) is 0 Å². The lowest BCUT2D eigenvalue weighted by Gasteiger charge is -1.88. The van der Waals surface area contributed by atoms with Crippen molar-refractivity contribution in [1.29, 1.82) is 0 Å². The molecular weight excluding hydrogens is 148 g/mol. The second-order valence-electron chi connectivity index (χ2n) is 1.94. The largest absolute Gasteiger partial charge is 0.475 e. The van der Waals surface area contributed by atoms with Crippen molar-refractivity contribution in [3.8, 4) is 0 Å². The average Bonchev–Trinajstić information content (AvgIpc) is 2.37. The minimum Gasteiger partial charge on any atom is -0.475 e. The predicted octanol–water partition coefficient (Wildman–Crippen LogP) is -0.778. The van der Waals surface area contributed by atoms with Gasteiger partial charge in [0.05, 0.1) is 6.54 Å². The maximum atomic E-state index is 10.3. The number of aromatic carboxylic acids is 1. The zero-order valence-corrected chi connectivity index (χ0v) is 5.96. The van der Waals surface area contributed by atoms with Gasteiger partial charge in [0.1, 0.15) is 5.82 Å². The first-order valence-corrected chi connectivity index (χ1v) is 3.03. The van der Waals surface area contributed by atoms with Crippen LogP contribution in [0.4, 0.5) is 0 Å². The van der Waals surface area contributed by atoms with Crippen LogP contribution in [0.2, 0.25) is 0 Å². The summed E-state index contributed by atoms with van der Waals surface area (Å²) in [5.74, 6) is -0.802. The molecule has 0 aliphatic heterocycles. The number of nitrogens with zero attached hydrogens (tertiary/aromatic N) is 2. The van der Waals surface area contributed by atoms with Crippen LogP contribution < -0.4 is 5.32 Å². The molecule has 6 nitrogen and oxygen atoms in total. The summed E-state index contributed by atoms with van der Waals surface area (Å²) in [4.78, 5) is 13.9. The van der Waals surface area contributed by atoms with E-state index in [2.05, 4.69) is 20.5 Å². The maximum absolute atomic E-state index is 10.3. The standard InChI is InChI=1S/C5H8N4O2/c1-6-2-3-7-4(5(10)11)9-8-3/h6H,2H2,1H3,(H,10,11)(H,7,8,9). The van der Waals surface area contributed by atoms with E-state index in [0.29, 0.717) is 12.4 Å². The molecular formula is C5H8N4O2. The molecule has 0 atom stereocenters. The van der Waals surface area contributed by atoms with E-state index < -0.39 is 5.97 Å². The third kappa shape index (κ3) is 1.74. The summed E-state index contributed by atoms with van der Waals surface area (Å²) in [5, 5.41) is 17.2. The molecule has 0 fully saturated rings. The highest BCUT2D eigenvalue weighted by molar-refractivity contribution is 5.82. The average molecular weight is 156 g/mol. The Bertz CT molecular complexity index is 257. The van der Waals surface area contributed by atoms with Crippen molar-refractivity contribution in [2.24, 2.45) is 0 Å². The van der Waals surface area contributed by atoms with Crippen molar-refractivity contribution < 1.29 is 9.90 Å². The number of nitrogens with one attached hydrogen (secondary N) is 2. The van der Waals surface area contributed by atoms with Crippen molar-refractivity contribution in [2.75, 3.05) is 7.05 Å². The van der Waals surface area contributed by atoms with E-state index in [1.54, 1.807) is 7.05 Å². The van der Waals surface area contributed by atoms with E-state index in [9.17, 15) is 4.79 Å². The zero-order valence-electron chi connectivity index (χ0n) is 5.96. The Kier molecular flexibility index (Phi) is 2.17. The molecule has 0 aliphatic rings. The van der Waals surface area contributed by atoms with Gasteiger partial charge in [-0.05, 0) is 7.05 Å². The molecule has 1 heterocycles. The molecule has 0 aromatic carbocycles. The van der Waals surface area contributed by atoms with Gasteiger partial charge in [0.15, 0.2) is 0 Å². The summed E-state index contributed by atoms with van der Waals surface area (Å²) in [7, 11) is 1.74. The predicted molar refractivity (Wildman–Crippen MR) is 36.1 cm³/mol. The molecule has 60 valence electrons. The highest BCUT2D eigenvalue weighted by Gasteiger charge is 2.08. The van der Waals surface area contributed by atoms with Gasteiger partial charge >= 0.3 is 5.97 Å². The topological polar surface area (TPSA) is 90.9 Å². The molecule has 0 unspecified atom stereocenters. The van der Waals surface area contributed by atoms with Crippen molar-refractivity contribution >= 4 is 5.97 Å². The Labute approximate surface area is 62.6 Å². The minimum absolute atomic E-state index is 0.199. The lowest BCUT2D eigenvalue weighted by atomic mass is 10.6. The highest BCUT2D eigenvalue weighted by atomic mass is 16.4. The van der Waals surface area contributed by atoms with Gasteiger partial charge in [-0.3, -0.25) is 5.10 Å². The van der Waals surface area contributed by atoms with E-state index in [1.807, 2.05) is 0 Å². The number of aromatic amines is 1. The summed E-state index contributed by atoms with van der Waals surface area (Å²) >= 11 is 0. The molecule has 11 heavy (non-hydrogen) atoms. The summed E-state index contributed by atoms with van der Waals surface area (Å²) in [6, 6.07) is 0. The van der Waals surface area contributed by atoms with Crippen LogP contribution in [-0.2, 0) is 6.54 Å². The first-order chi connectivity index (χ1) is 5.24. The smallest absolute Gasteiger partial charge is 0.375 e. The summed E-state index contributed by atoms with van der Waals surface area (Å²) in [5.41, 5.74) is 0. The first kappa shape index (κ1) is 7.67.